The summed E-state index contributed by atoms with van der Waals surface area (Å²) in [4.78, 5) is 14.5. The van der Waals surface area contributed by atoms with Crippen LogP contribution in [0.15, 0.2) is 46.3 Å². The lowest BCUT2D eigenvalue weighted by Crippen LogP contribution is -2.36. The van der Waals surface area contributed by atoms with E-state index in [0.717, 1.165) is 34.2 Å². The van der Waals surface area contributed by atoms with E-state index in [1.165, 1.54) is 4.90 Å². The Balaban J connectivity index is 0.00000338. The minimum Gasteiger partial charge on any atom is -0.465 e. The van der Waals surface area contributed by atoms with Crippen molar-refractivity contribution >= 4 is 45.8 Å². The first-order valence-corrected chi connectivity index (χ1v) is 10.2. The zero-order chi connectivity index (χ0) is 18.2. The number of carboxylic acid groups (broad SMARTS) is 1. The van der Waals surface area contributed by atoms with Gasteiger partial charge >= 0.3 is 6.09 Å². The number of carbonyl (C=O) groups is 1. The summed E-state index contributed by atoms with van der Waals surface area (Å²) in [5, 5.41) is 11.8. The molecule has 0 saturated carbocycles. The molecule has 7 heteroatoms. The lowest BCUT2D eigenvalue weighted by atomic mass is 10.00. The summed E-state index contributed by atoms with van der Waals surface area (Å²) in [7, 11) is 0. The number of hydrogen-bond donors (Lipinski definition) is 2. The van der Waals surface area contributed by atoms with Gasteiger partial charge in [0, 0.05) is 21.9 Å². The molecule has 0 aliphatic heterocycles. The van der Waals surface area contributed by atoms with E-state index in [-0.39, 0.29) is 24.5 Å². The monoisotopic (exact) mass is 460 g/mol. The summed E-state index contributed by atoms with van der Waals surface area (Å²) in [6, 6.07) is 11.5. The molecule has 0 aliphatic carbocycles. The van der Waals surface area contributed by atoms with Gasteiger partial charge in [-0.1, -0.05) is 53.9 Å². The number of hydrogen-bond acceptors (Lipinski definition) is 3. The van der Waals surface area contributed by atoms with Gasteiger partial charge in [0.25, 0.3) is 0 Å². The molecule has 1 aromatic heterocycles. The molecular weight excluding hydrogens is 436 g/mol. The highest BCUT2D eigenvalue weighted by molar-refractivity contribution is 9.10. The van der Waals surface area contributed by atoms with Gasteiger partial charge in [-0.3, -0.25) is 4.90 Å². The lowest BCUT2D eigenvalue weighted by molar-refractivity contribution is 0.115. The van der Waals surface area contributed by atoms with Crippen LogP contribution in [0.3, 0.4) is 0 Å². The van der Waals surface area contributed by atoms with Crippen molar-refractivity contribution < 1.29 is 9.90 Å². The molecule has 1 heterocycles. The summed E-state index contributed by atoms with van der Waals surface area (Å²) >= 11 is 5.00. The molecule has 0 spiro atoms. The minimum absolute atomic E-state index is 0. The molecule has 1 amide bonds. The zero-order valence-electron chi connectivity index (χ0n) is 14.8. The number of unbranched alkanes of at least 4 members (excludes halogenated alkanes) is 1. The molecule has 0 saturated heterocycles. The smallest absolute Gasteiger partial charge is 0.408 e. The molecule has 0 radical (unpaired) electrons. The maximum atomic E-state index is 12.0. The Morgan fingerprint density at radius 1 is 1.31 bits per heavy atom. The Morgan fingerprint density at radius 3 is 2.54 bits per heavy atom. The third-order valence-electron chi connectivity index (χ3n) is 4.21. The van der Waals surface area contributed by atoms with E-state index in [1.54, 1.807) is 11.3 Å². The van der Waals surface area contributed by atoms with E-state index in [2.05, 4.69) is 22.9 Å². The molecule has 1 unspecified atom stereocenters. The van der Waals surface area contributed by atoms with Gasteiger partial charge in [-0.05, 0) is 42.0 Å². The number of nitrogens with two attached hydrogens (primary N) is 1. The molecule has 26 heavy (non-hydrogen) atoms. The zero-order valence-corrected chi connectivity index (χ0v) is 18.0. The van der Waals surface area contributed by atoms with Crippen LogP contribution in [0.1, 0.15) is 49.1 Å². The Kier molecular flexibility index (Phi) is 10.2. The lowest BCUT2D eigenvalue weighted by Gasteiger charge is -2.31. The molecule has 144 valence electrons. The van der Waals surface area contributed by atoms with E-state index in [4.69, 9.17) is 5.73 Å². The van der Waals surface area contributed by atoms with E-state index < -0.39 is 6.09 Å². The van der Waals surface area contributed by atoms with Crippen LogP contribution in [0.4, 0.5) is 4.79 Å². The molecule has 0 fully saturated rings. The fourth-order valence-electron chi connectivity index (χ4n) is 2.85. The second kappa shape index (κ2) is 11.6. The Morgan fingerprint density at radius 2 is 2.00 bits per heavy atom. The number of nitrogens with zero attached hydrogens (tertiary/aromatic N) is 1. The maximum Gasteiger partial charge on any atom is 0.408 e. The predicted octanol–water partition coefficient (Wildman–Crippen LogP) is 6.06. The van der Waals surface area contributed by atoms with E-state index >= 15 is 0 Å². The van der Waals surface area contributed by atoms with E-state index in [1.807, 2.05) is 41.8 Å². The van der Waals surface area contributed by atoms with Crippen molar-refractivity contribution in [2.75, 3.05) is 0 Å². The van der Waals surface area contributed by atoms with Crippen LogP contribution in [-0.4, -0.2) is 22.1 Å². The quantitative estimate of drug-likeness (QED) is 0.477. The molecule has 4 nitrogen and oxygen atoms in total. The normalized spacial score (nSPS) is 12.9. The van der Waals surface area contributed by atoms with Gasteiger partial charge in [-0.2, -0.15) is 0 Å². The highest BCUT2D eigenvalue weighted by atomic mass is 79.9. The highest BCUT2D eigenvalue weighted by Gasteiger charge is 2.27. The Hall–Kier alpha value is -1.08. The third-order valence-corrected chi connectivity index (χ3v) is 5.72. The van der Waals surface area contributed by atoms with Crippen molar-refractivity contribution in [3.8, 4) is 0 Å². The van der Waals surface area contributed by atoms with Gasteiger partial charge in [0.2, 0.25) is 0 Å². The molecular formula is C19H26BrClN2O2S. The van der Waals surface area contributed by atoms with E-state index in [9.17, 15) is 9.90 Å². The van der Waals surface area contributed by atoms with E-state index in [0.29, 0.717) is 13.0 Å². The number of benzene rings is 1. The second-order valence-electron chi connectivity index (χ2n) is 6.21. The molecule has 1 aromatic carbocycles. The first-order chi connectivity index (χ1) is 12.0. The first kappa shape index (κ1) is 23.0. The highest BCUT2D eigenvalue weighted by Crippen LogP contribution is 2.31. The standard InChI is InChI=1S/C19H25BrN2O2S.ClH/c1-2-3-5-16(21)12-17(18-6-4-11-25-18)22(19(23)24)13-14-7-9-15(20)10-8-14;/h4,6-11,16-17H,2-3,5,12-13,21H2,1H3,(H,23,24);1H/t16-,17?;/m0./s1. The third kappa shape index (κ3) is 6.91. The number of halogens is 2. The van der Waals surface area contributed by atoms with Crippen molar-refractivity contribution in [3.63, 3.8) is 0 Å². The van der Waals surface area contributed by atoms with Gasteiger partial charge in [-0.15, -0.1) is 23.7 Å². The summed E-state index contributed by atoms with van der Waals surface area (Å²) in [6.07, 6.45) is 2.81. The Labute approximate surface area is 173 Å². The predicted molar refractivity (Wildman–Crippen MR) is 114 cm³/mol. The van der Waals surface area contributed by atoms with Crippen molar-refractivity contribution in [2.45, 2.75) is 51.2 Å². The van der Waals surface area contributed by atoms with Crippen LogP contribution >= 0.6 is 39.7 Å². The summed E-state index contributed by atoms with van der Waals surface area (Å²) in [5.74, 6) is 0. The van der Waals surface area contributed by atoms with Crippen LogP contribution in [0.2, 0.25) is 0 Å². The summed E-state index contributed by atoms with van der Waals surface area (Å²) in [5.41, 5.74) is 7.26. The van der Waals surface area contributed by atoms with Crippen LogP contribution in [-0.2, 0) is 6.54 Å². The van der Waals surface area contributed by atoms with Gasteiger partial charge in [-0.25, -0.2) is 4.79 Å². The van der Waals surface area contributed by atoms with Gasteiger partial charge in [0.15, 0.2) is 0 Å². The Bertz CT molecular complexity index is 652. The summed E-state index contributed by atoms with van der Waals surface area (Å²) in [6.45, 7) is 2.49. The van der Waals surface area contributed by atoms with Crippen LogP contribution in [0.25, 0.3) is 0 Å². The second-order valence-corrected chi connectivity index (χ2v) is 8.10. The van der Waals surface area contributed by atoms with Crippen molar-refractivity contribution in [1.82, 2.24) is 4.90 Å². The largest absolute Gasteiger partial charge is 0.465 e. The number of thiophene rings is 1. The summed E-state index contributed by atoms with van der Waals surface area (Å²) < 4.78 is 0.981. The maximum absolute atomic E-state index is 12.0. The minimum atomic E-state index is -0.913. The fourth-order valence-corrected chi connectivity index (χ4v) is 3.96. The van der Waals surface area contributed by atoms with Crippen LogP contribution in [0.5, 0.6) is 0 Å². The van der Waals surface area contributed by atoms with Crippen LogP contribution in [0, 0.1) is 0 Å². The fraction of sp³-hybridized carbons (Fsp3) is 0.421. The molecule has 3 N–H and O–H groups in total. The number of amides is 1. The molecule has 0 aliphatic rings. The molecule has 2 rings (SSSR count). The molecule has 2 atom stereocenters. The van der Waals surface area contributed by atoms with Crippen molar-refractivity contribution in [2.24, 2.45) is 5.73 Å². The first-order valence-electron chi connectivity index (χ1n) is 8.54. The van der Waals surface area contributed by atoms with Gasteiger partial charge in [0.05, 0.1) is 6.04 Å². The molecule has 0 bridgehead atoms. The molecule has 2 aromatic rings. The van der Waals surface area contributed by atoms with Gasteiger partial charge < -0.3 is 10.8 Å². The van der Waals surface area contributed by atoms with Crippen molar-refractivity contribution in [1.29, 1.82) is 0 Å². The average Bonchev–Trinajstić information content (AvgIpc) is 3.12. The SMILES string of the molecule is CCCC[C@H](N)CC(c1cccs1)N(Cc1ccc(Br)cc1)C(=O)O.Cl. The van der Waals surface area contributed by atoms with Crippen LogP contribution < -0.4 is 5.73 Å². The topological polar surface area (TPSA) is 66.6 Å². The van der Waals surface area contributed by atoms with Crippen molar-refractivity contribution in [3.05, 3.63) is 56.7 Å². The average molecular weight is 462 g/mol. The number of rotatable bonds is 9. The van der Waals surface area contributed by atoms with Gasteiger partial charge in [0.1, 0.15) is 0 Å².